The molecule has 4 nitrogen and oxygen atoms in total. The van der Waals surface area contributed by atoms with Gasteiger partial charge in [-0.05, 0) is 24.8 Å². The fraction of sp³-hybridized carbons (Fsp3) is 0.588. The highest BCUT2D eigenvalue weighted by atomic mass is 16.3. The van der Waals surface area contributed by atoms with Gasteiger partial charge in [-0.1, -0.05) is 44.2 Å². The number of hydrogen-bond donors (Lipinski definition) is 3. The minimum atomic E-state index is -0.406. The number of hydrogen-bond acceptors (Lipinski definition) is 3. The lowest BCUT2D eigenvalue weighted by molar-refractivity contribution is -0.123. The van der Waals surface area contributed by atoms with Crippen LogP contribution < -0.4 is 10.6 Å². The van der Waals surface area contributed by atoms with E-state index in [0.29, 0.717) is 19.5 Å². The zero-order valence-corrected chi connectivity index (χ0v) is 12.9. The van der Waals surface area contributed by atoms with Crippen LogP contribution in [0.1, 0.15) is 38.7 Å². The van der Waals surface area contributed by atoms with E-state index in [1.807, 2.05) is 18.2 Å². The predicted octanol–water partition coefficient (Wildman–Crippen LogP) is 1.58. The molecule has 116 valence electrons. The normalized spacial score (nSPS) is 22.2. The Morgan fingerprint density at radius 1 is 1.33 bits per heavy atom. The lowest BCUT2D eigenvalue weighted by Gasteiger charge is -2.33. The summed E-state index contributed by atoms with van der Waals surface area (Å²) in [6.07, 6.45) is 2.06. The summed E-state index contributed by atoms with van der Waals surface area (Å²) in [5, 5.41) is 15.6. The second-order valence-electron chi connectivity index (χ2n) is 5.92. The SMILES string of the molecule is CCC(CC)(CNC(=O)C1CC(O)CN1)c1ccccc1. The molecule has 1 saturated heterocycles. The minimum absolute atomic E-state index is 0.00578. The largest absolute Gasteiger partial charge is 0.392 e. The monoisotopic (exact) mass is 290 g/mol. The molecule has 4 heteroatoms. The van der Waals surface area contributed by atoms with Crippen molar-refractivity contribution in [3.8, 4) is 0 Å². The van der Waals surface area contributed by atoms with Crippen LogP contribution in [0.3, 0.4) is 0 Å². The summed E-state index contributed by atoms with van der Waals surface area (Å²) in [5.41, 5.74) is 1.25. The lowest BCUT2D eigenvalue weighted by atomic mass is 9.76. The van der Waals surface area contributed by atoms with Crippen molar-refractivity contribution in [1.82, 2.24) is 10.6 Å². The Bertz CT molecular complexity index is 457. The van der Waals surface area contributed by atoms with E-state index < -0.39 is 6.10 Å². The van der Waals surface area contributed by atoms with Gasteiger partial charge in [0.05, 0.1) is 12.1 Å². The van der Waals surface area contributed by atoms with Gasteiger partial charge in [0.2, 0.25) is 5.91 Å². The van der Waals surface area contributed by atoms with Crippen molar-refractivity contribution in [1.29, 1.82) is 0 Å². The maximum Gasteiger partial charge on any atom is 0.237 e. The first-order valence-electron chi connectivity index (χ1n) is 7.86. The van der Waals surface area contributed by atoms with Crippen LogP contribution in [0.5, 0.6) is 0 Å². The summed E-state index contributed by atoms with van der Waals surface area (Å²) in [7, 11) is 0. The number of β-amino-alcohol motifs (C(OH)–C–C–N with tert-alkyl or cyclic N) is 1. The molecule has 1 fully saturated rings. The molecule has 1 aliphatic heterocycles. The van der Waals surface area contributed by atoms with Gasteiger partial charge in [0.15, 0.2) is 0 Å². The molecule has 2 unspecified atom stereocenters. The average Bonchev–Trinajstić information content (AvgIpc) is 2.96. The van der Waals surface area contributed by atoms with Gasteiger partial charge in [-0.3, -0.25) is 4.79 Å². The second-order valence-corrected chi connectivity index (χ2v) is 5.92. The number of rotatable bonds is 6. The Morgan fingerprint density at radius 2 is 2.00 bits per heavy atom. The summed E-state index contributed by atoms with van der Waals surface area (Å²) in [6.45, 7) is 5.47. The van der Waals surface area contributed by atoms with Crippen LogP contribution in [0.15, 0.2) is 30.3 Å². The van der Waals surface area contributed by atoms with Crippen molar-refractivity contribution in [3.63, 3.8) is 0 Å². The molecule has 1 aromatic rings. The van der Waals surface area contributed by atoms with E-state index in [0.717, 1.165) is 12.8 Å². The van der Waals surface area contributed by atoms with Crippen molar-refractivity contribution in [2.24, 2.45) is 0 Å². The third-order valence-electron chi connectivity index (χ3n) is 4.76. The van der Waals surface area contributed by atoms with E-state index in [4.69, 9.17) is 0 Å². The van der Waals surface area contributed by atoms with E-state index >= 15 is 0 Å². The number of nitrogens with one attached hydrogen (secondary N) is 2. The molecular weight excluding hydrogens is 264 g/mol. The fourth-order valence-electron chi connectivity index (χ4n) is 3.10. The Balaban J connectivity index is 2.02. The van der Waals surface area contributed by atoms with E-state index in [1.54, 1.807) is 0 Å². The Morgan fingerprint density at radius 3 is 2.52 bits per heavy atom. The van der Waals surface area contributed by atoms with Crippen LogP contribution in [-0.2, 0) is 10.2 Å². The zero-order chi connectivity index (χ0) is 15.3. The third kappa shape index (κ3) is 3.63. The van der Waals surface area contributed by atoms with Crippen molar-refractivity contribution in [2.75, 3.05) is 13.1 Å². The van der Waals surface area contributed by atoms with Crippen LogP contribution in [0.2, 0.25) is 0 Å². The van der Waals surface area contributed by atoms with E-state index in [-0.39, 0.29) is 17.4 Å². The summed E-state index contributed by atoms with van der Waals surface area (Å²) in [4.78, 5) is 12.2. The van der Waals surface area contributed by atoms with Crippen LogP contribution in [0.4, 0.5) is 0 Å². The molecule has 1 aromatic carbocycles. The molecule has 0 aliphatic carbocycles. The number of amides is 1. The highest BCUT2D eigenvalue weighted by Crippen LogP contribution is 2.30. The van der Waals surface area contributed by atoms with Crippen LogP contribution in [0.25, 0.3) is 0 Å². The van der Waals surface area contributed by atoms with Gasteiger partial charge in [-0.15, -0.1) is 0 Å². The molecule has 0 aromatic heterocycles. The predicted molar refractivity (Wildman–Crippen MR) is 84.1 cm³/mol. The highest BCUT2D eigenvalue weighted by molar-refractivity contribution is 5.82. The second kappa shape index (κ2) is 7.05. The standard InChI is InChI=1S/C17H26N2O2/c1-3-17(4-2,13-8-6-5-7-9-13)12-19-16(21)15-10-14(20)11-18-15/h5-9,14-15,18,20H,3-4,10-12H2,1-2H3,(H,19,21). The Kier molecular flexibility index (Phi) is 5.37. The van der Waals surface area contributed by atoms with Gasteiger partial charge in [-0.25, -0.2) is 0 Å². The van der Waals surface area contributed by atoms with Gasteiger partial charge in [0.25, 0.3) is 0 Å². The van der Waals surface area contributed by atoms with Gasteiger partial charge in [-0.2, -0.15) is 0 Å². The highest BCUT2D eigenvalue weighted by Gasteiger charge is 2.32. The summed E-state index contributed by atoms with van der Waals surface area (Å²) < 4.78 is 0. The molecule has 21 heavy (non-hydrogen) atoms. The molecule has 1 aliphatic rings. The maximum atomic E-state index is 12.2. The smallest absolute Gasteiger partial charge is 0.237 e. The molecule has 2 rings (SSSR count). The summed E-state index contributed by atoms with van der Waals surface area (Å²) in [6, 6.07) is 10.1. The molecule has 3 N–H and O–H groups in total. The Hall–Kier alpha value is -1.39. The number of benzene rings is 1. The number of aliphatic hydroxyl groups is 1. The molecule has 0 bridgehead atoms. The van der Waals surface area contributed by atoms with Gasteiger partial charge in [0, 0.05) is 18.5 Å². The quantitative estimate of drug-likeness (QED) is 0.745. The van der Waals surface area contributed by atoms with Crippen LogP contribution in [-0.4, -0.2) is 36.2 Å². The molecule has 0 saturated carbocycles. The first-order valence-corrected chi connectivity index (χ1v) is 7.86. The first kappa shape index (κ1) is 16.0. The number of carbonyl (C=O) groups is 1. The molecule has 1 heterocycles. The minimum Gasteiger partial charge on any atom is -0.392 e. The van der Waals surface area contributed by atoms with E-state index in [9.17, 15) is 9.90 Å². The fourth-order valence-corrected chi connectivity index (χ4v) is 3.10. The molecular formula is C17H26N2O2. The van der Waals surface area contributed by atoms with Gasteiger partial charge < -0.3 is 15.7 Å². The zero-order valence-electron chi connectivity index (χ0n) is 12.9. The third-order valence-corrected chi connectivity index (χ3v) is 4.76. The maximum absolute atomic E-state index is 12.2. The van der Waals surface area contributed by atoms with E-state index in [1.165, 1.54) is 5.56 Å². The summed E-state index contributed by atoms with van der Waals surface area (Å²) in [5.74, 6) is -0.00578. The molecule has 0 spiro atoms. The van der Waals surface area contributed by atoms with Crippen molar-refractivity contribution in [3.05, 3.63) is 35.9 Å². The number of aliphatic hydroxyl groups excluding tert-OH is 1. The molecule has 2 atom stereocenters. The summed E-state index contributed by atoms with van der Waals surface area (Å²) >= 11 is 0. The topological polar surface area (TPSA) is 61.4 Å². The average molecular weight is 290 g/mol. The van der Waals surface area contributed by atoms with Gasteiger partial charge in [0.1, 0.15) is 0 Å². The van der Waals surface area contributed by atoms with Crippen molar-refractivity contribution in [2.45, 2.75) is 50.7 Å². The lowest BCUT2D eigenvalue weighted by Crippen LogP contribution is -2.46. The Labute approximate surface area is 126 Å². The van der Waals surface area contributed by atoms with Crippen molar-refractivity contribution >= 4 is 5.91 Å². The van der Waals surface area contributed by atoms with Crippen molar-refractivity contribution < 1.29 is 9.90 Å². The van der Waals surface area contributed by atoms with Gasteiger partial charge >= 0.3 is 0 Å². The molecule has 1 amide bonds. The van der Waals surface area contributed by atoms with Crippen LogP contribution >= 0.6 is 0 Å². The van der Waals surface area contributed by atoms with E-state index in [2.05, 4.69) is 36.6 Å². The molecule has 0 radical (unpaired) electrons. The first-order chi connectivity index (χ1) is 10.1. The van der Waals surface area contributed by atoms with Crippen LogP contribution in [0, 0.1) is 0 Å². The number of carbonyl (C=O) groups excluding carboxylic acids is 1.